The quantitative estimate of drug-likeness (QED) is 0.682. The van der Waals surface area contributed by atoms with Crippen LogP contribution >= 0.6 is 0 Å². The van der Waals surface area contributed by atoms with Gasteiger partial charge in [-0.2, -0.15) is 4.31 Å². The van der Waals surface area contributed by atoms with Gasteiger partial charge in [-0.15, -0.1) is 0 Å². The molecule has 0 saturated carbocycles. The smallest absolute Gasteiger partial charge is 0.272 e. The van der Waals surface area contributed by atoms with Crippen molar-refractivity contribution in [2.24, 2.45) is 0 Å². The van der Waals surface area contributed by atoms with Crippen LogP contribution in [0, 0.1) is 0 Å². The van der Waals surface area contributed by atoms with Crippen LogP contribution in [0.1, 0.15) is 24.3 Å². The molecule has 0 aliphatic carbocycles. The number of ether oxygens (including phenoxy) is 2. The Kier molecular flexibility index (Phi) is 6.71. The van der Waals surface area contributed by atoms with Gasteiger partial charge in [0.1, 0.15) is 5.69 Å². The van der Waals surface area contributed by atoms with Crippen molar-refractivity contribution < 1.29 is 22.7 Å². The fourth-order valence-electron chi connectivity index (χ4n) is 3.12. The molecule has 3 rings (SSSR count). The van der Waals surface area contributed by atoms with Gasteiger partial charge in [-0.1, -0.05) is 6.07 Å². The highest BCUT2D eigenvalue weighted by Crippen LogP contribution is 2.31. The van der Waals surface area contributed by atoms with Crippen molar-refractivity contribution in [1.82, 2.24) is 14.2 Å². The van der Waals surface area contributed by atoms with E-state index in [4.69, 9.17) is 9.47 Å². The number of amides is 1. The average Bonchev–Trinajstić information content (AvgIpc) is 2.75. The number of hydrogen-bond donors (Lipinski definition) is 0. The molecule has 1 aromatic carbocycles. The number of rotatable bonds is 7. The maximum absolute atomic E-state index is 13.1. The molecule has 1 amide bonds. The first-order valence-corrected chi connectivity index (χ1v) is 11.0. The Balaban J connectivity index is 1.73. The maximum Gasteiger partial charge on any atom is 0.272 e. The number of benzene rings is 1. The number of aromatic nitrogens is 1. The van der Waals surface area contributed by atoms with Gasteiger partial charge in [0, 0.05) is 38.4 Å². The standard InChI is InChI=1S/C20H25N3O5S/c1-3-27-18-9-8-16(15-19(18)28-4-2)29(25,26)23-13-11-22(12-14-23)20(24)17-7-5-6-10-21-17/h5-10,15H,3-4,11-14H2,1-2H3. The van der Waals surface area contributed by atoms with Crippen molar-refractivity contribution in [2.45, 2.75) is 18.7 Å². The molecule has 0 bridgehead atoms. The summed E-state index contributed by atoms with van der Waals surface area (Å²) in [6.07, 6.45) is 1.57. The highest BCUT2D eigenvalue weighted by atomic mass is 32.2. The minimum absolute atomic E-state index is 0.147. The first-order chi connectivity index (χ1) is 14.0. The molecule has 2 heterocycles. The fraction of sp³-hybridized carbons (Fsp3) is 0.400. The topological polar surface area (TPSA) is 89.0 Å². The van der Waals surface area contributed by atoms with Crippen LogP contribution < -0.4 is 9.47 Å². The van der Waals surface area contributed by atoms with Gasteiger partial charge in [0.25, 0.3) is 5.91 Å². The minimum Gasteiger partial charge on any atom is -0.490 e. The molecular formula is C20H25N3O5S. The van der Waals surface area contributed by atoms with Crippen LogP contribution in [0.25, 0.3) is 0 Å². The molecule has 0 spiro atoms. The van der Waals surface area contributed by atoms with Gasteiger partial charge >= 0.3 is 0 Å². The Morgan fingerprint density at radius 1 is 1.00 bits per heavy atom. The molecule has 0 unspecified atom stereocenters. The Labute approximate surface area is 171 Å². The lowest BCUT2D eigenvalue weighted by atomic mass is 10.3. The average molecular weight is 420 g/mol. The molecule has 0 N–H and O–H groups in total. The van der Waals surface area contributed by atoms with Crippen LogP contribution in [-0.4, -0.2) is 67.9 Å². The van der Waals surface area contributed by atoms with E-state index in [1.54, 1.807) is 35.4 Å². The molecule has 9 heteroatoms. The van der Waals surface area contributed by atoms with Crippen LogP contribution in [0.3, 0.4) is 0 Å². The third-order valence-electron chi connectivity index (χ3n) is 4.56. The zero-order valence-electron chi connectivity index (χ0n) is 16.6. The summed E-state index contributed by atoms with van der Waals surface area (Å²) in [4.78, 5) is 18.3. The third kappa shape index (κ3) is 4.68. The summed E-state index contributed by atoms with van der Waals surface area (Å²) in [5.41, 5.74) is 0.358. The summed E-state index contributed by atoms with van der Waals surface area (Å²) < 4.78 is 38.6. The van der Waals surface area contributed by atoms with Crippen molar-refractivity contribution in [3.8, 4) is 11.5 Å². The van der Waals surface area contributed by atoms with Crippen molar-refractivity contribution in [2.75, 3.05) is 39.4 Å². The molecule has 1 aliphatic rings. The lowest BCUT2D eigenvalue weighted by Crippen LogP contribution is -2.50. The van der Waals surface area contributed by atoms with Gasteiger partial charge in [-0.05, 0) is 38.1 Å². The number of carbonyl (C=O) groups is 1. The highest BCUT2D eigenvalue weighted by Gasteiger charge is 2.31. The zero-order valence-corrected chi connectivity index (χ0v) is 17.4. The summed E-state index contributed by atoms with van der Waals surface area (Å²) >= 11 is 0. The summed E-state index contributed by atoms with van der Waals surface area (Å²) in [6.45, 7) is 5.60. The van der Waals surface area contributed by atoms with Crippen molar-refractivity contribution in [3.63, 3.8) is 0 Å². The van der Waals surface area contributed by atoms with Crippen molar-refractivity contribution >= 4 is 15.9 Å². The number of hydrogen-bond acceptors (Lipinski definition) is 6. The number of carbonyl (C=O) groups excluding carboxylic acids is 1. The Hall–Kier alpha value is -2.65. The van der Waals surface area contributed by atoms with E-state index in [0.29, 0.717) is 43.5 Å². The van der Waals surface area contributed by atoms with Gasteiger partial charge in [-0.3, -0.25) is 9.78 Å². The lowest BCUT2D eigenvalue weighted by molar-refractivity contribution is 0.0692. The maximum atomic E-state index is 13.1. The summed E-state index contributed by atoms with van der Waals surface area (Å²) in [5.74, 6) is 0.723. The molecule has 8 nitrogen and oxygen atoms in total. The van der Waals surface area contributed by atoms with E-state index < -0.39 is 10.0 Å². The normalized spacial score (nSPS) is 15.2. The van der Waals surface area contributed by atoms with E-state index in [1.165, 1.54) is 16.4 Å². The van der Waals surface area contributed by atoms with E-state index in [2.05, 4.69) is 4.98 Å². The van der Waals surface area contributed by atoms with Gasteiger partial charge in [0.15, 0.2) is 11.5 Å². The predicted octanol–water partition coefficient (Wildman–Crippen LogP) is 2.03. The second kappa shape index (κ2) is 9.23. The second-order valence-electron chi connectivity index (χ2n) is 6.39. The Bertz CT molecular complexity index is 942. The third-order valence-corrected chi connectivity index (χ3v) is 6.46. The van der Waals surface area contributed by atoms with E-state index in [-0.39, 0.29) is 23.9 Å². The largest absolute Gasteiger partial charge is 0.490 e. The Morgan fingerprint density at radius 3 is 2.31 bits per heavy atom. The number of pyridine rings is 1. The van der Waals surface area contributed by atoms with Crippen molar-refractivity contribution in [3.05, 3.63) is 48.3 Å². The first-order valence-electron chi connectivity index (χ1n) is 9.57. The molecule has 1 aromatic heterocycles. The molecule has 1 saturated heterocycles. The molecule has 2 aromatic rings. The van der Waals surface area contributed by atoms with Crippen molar-refractivity contribution in [1.29, 1.82) is 0 Å². The summed E-state index contributed by atoms with van der Waals surface area (Å²) in [5, 5.41) is 0. The predicted molar refractivity (Wildman–Crippen MR) is 108 cm³/mol. The number of sulfonamides is 1. The molecule has 1 aliphatic heterocycles. The fourth-order valence-corrected chi connectivity index (χ4v) is 4.56. The van der Waals surface area contributed by atoms with Crippen LogP contribution in [0.5, 0.6) is 11.5 Å². The van der Waals surface area contributed by atoms with E-state index in [1.807, 2.05) is 13.8 Å². The van der Waals surface area contributed by atoms with Crippen LogP contribution in [0.15, 0.2) is 47.5 Å². The van der Waals surface area contributed by atoms with E-state index >= 15 is 0 Å². The highest BCUT2D eigenvalue weighted by molar-refractivity contribution is 7.89. The summed E-state index contributed by atoms with van der Waals surface area (Å²) in [6, 6.07) is 9.78. The first kappa shape index (κ1) is 21.1. The Morgan fingerprint density at radius 2 is 1.69 bits per heavy atom. The molecule has 1 fully saturated rings. The SMILES string of the molecule is CCOc1ccc(S(=O)(=O)N2CCN(C(=O)c3ccccn3)CC2)cc1OCC. The van der Waals surface area contributed by atoms with E-state index in [0.717, 1.165) is 0 Å². The monoisotopic (exact) mass is 419 g/mol. The lowest BCUT2D eigenvalue weighted by Gasteiger charge is -2.33. The van der Waals surface area contributed by atoms with Gasteiger partial charge in [0.05, 0.1) is 18.1 Å². The van der Waals surface area contributed by atoms with Gasteiger partial charge in [-0.25, -0.2) is 8.42 Å². The zero-order chi connectivity index (χ0) is 20.9. The molecule has 29 heavy (non-hydrogen) atoms. The molecular weight excluding hydrogens is 394 g/mol. The minimum atomic E-state index is -3.70. The van der Waals surface area contributed by atoms with Crippen LogP contribution in [0.2, 0.25) is 0 Å². The van der Waals surface area contributed by atoms with Gasteiger partial charge < -0.3 is 14.4 Å². The molecule has 0 atom stereocenters. The summed E-state index contributed by atoms with van der Waals surface area (Å²) in [7, 11) is -3.70. The molecule has 0 radical (unpaired) electrons. The van der Waals surface area contributed by atoms with Gasteiger partial charge in [0.2, 0.25) is 10.0 Å². The van der Waals surface area contributed by atoms with Crippen LogP contribution in [-0.2, 0) is 10.0 Å². The molecule has 156 valence electrons. The number of piperazine rings is 1. The van der Waals surface area contributed by atoms with E-state index in [9.17, 15) is 13.2 Å². The van der Waals surface area contributed by atoms with Crippen LogP contribution in [0.4, 0.5) is 0 Å². The number of nitrogens with zero attached hydrogens (tertiary/aromatic N) is 3. The second-order valence-corrected chi connectivity index (χ2v) is 8.32.